The molecule has 0 spiro atoms. The largest absolute Gasteiger partial charge is 0.480 e. The normalized spacial score (nSPS) is 11.4. The third-order valence-corrected chi connectivity index (χ3v) is 9.53. The van der Waals surface area contributed by atoms with Gasteiger partial charge in [0.1, 0.15) is 19.3 Å². The number of ether oxygens (including phenoxy) is 11. The van der Waals surface area contributed by atoms with E-state index in [9.17, 15) is 33.9 Å². The summed E-state index contributed by atoms with van der Waals surface area (Å²) in [4.78, 5) is 71.3. The molecular formula is C49H76N4O18. The molecule has 0 unspecified atom stereocenters. The molecule has 2 aromatic rings. The predicted octanol–water partition coefficient (Wildman–Crippen LogP) is 2.34. The number of unbranched alkanes of at least 4 members (excludes halogenated alkanes) is 1. The van der Waals surface area contributed by atoms with Gasteiger partial charge in [-0.05, 0) is 30.4 Å². The second-order valence-corrected chi connectivity index (χ2v) is 15.3. The van der Waals surface area contributed by atoms with Crippen LogP contribution in [0.25, 0.3) is 0 Å². The molecule has 0 aliphatic heterocycles. The van der Waals surface area contributed by atoms with Crippen molar-refractivity contribution < 1.29 is 86.0 Å². The average Bonchev–Trinajstić information content (AvgIpc) is 3.37. The molecule has 400 valence electrons. The summed E-state index contributed by atoms with van der Waals surface area (Å²) >= 11 is 0. The van der Waals surface area contributed by atoms with Crippen molar-refractivity contribution in [1.29, 1.82) is 0 Å². The zero-order chi connectivity index (χ0) is 51.1. The van der Waals surface area contributed by atoms with Crippen LogP contribution in [0.1, 0.15) is 56.1 Å². The topological polar surface area (TPSA) is 272 Å². The Morgan fingerprint density at radius 3 is 1.17 bits per heavy atom. The smallest absolute Gasteiger partial charge is 0.408 e. The van der Waals surface area contributed by atoms with Gasteiger partial charge in [-0.2, -0.15) is 0 Å². The van der Waals surface area contributed by atoms with Crippen molar-refractivity contribution in [3.63, 3.8) is 0 Å². The standard InChI is InChI=1S/C49H76N4O18/c54-44(50-18-8-7-13-43(48(58)59)53-49(60)71-40-42-11-5-2-6-12-42)14-21-61-29-35-68-37-31-65-25-19-51-45(55)15-22-62-27-33-67-34-28-63-23-16-46(56)52-20-26-66-32-38-69-36-30-64-24-17-47(57)70-39-41-9-3-1-4-10-41/h1-6,9-12,43H,7-8,13-40H2,(H,50,54)(H,51,55)(H,52,56)(H,53,60)(H,58,59)/t43-/m0/s1. The molecule has 0 aromatic heterocycles. The van der Waals surface area contributed by atoms with Crippen molar-refractivity contribution in [3.05, 3.63) is 71.8 Å². The highest BCUT2D eigenvalue weighted by molar-refractivity contribution is 5.80. The van der Waals surface area contributed by atoms with E-state index >= 15 is 0 Å². The first kappa shape index (κ1) is 61.8. The van der Waals surface area contributed by atoms with Gasteiger partial charge in [-0.25, -0.2) is 9.59 Å². The molecule has 0 aliphatic rings. The molecular weight excluding hydrogens is 933 g/mol. The maximum atomic E-state index is 12.1. The van der Waals surface area contributed by atoms with Crippen LogP contribution in [-0.4, -0.2) is 185 Å². The van der Waals surface area contributed by atoms with Crippen LogP contribution in [0.2, 0.25) is 0 Å². The molecule has 0 aliphatic carbocycles. The van der Waals surface area contributed by atoms with Gasteiger partial charge in [0.25, 0.3) is 0 Å². The molecule has 0 radical (unpaired) electrons. The fraction of sp³-hybridized carbons (Fsp3) is 0.633. The molecule has 0 saturated carbocycles. The molecule has 0 saturated heterocycles. The number of esters is 1. The number of carbonyl (C=O) groups excluding carboxylic acids is 5. The van der Waals surface area contributed by atoms with E-state index in [1.807, 2.05) is 48.5 Å². The Morgan fingerprint density at radius 2 is 0.761 bits per heavy atom. The van der Waals surface area contributed by atoms with Crippen LogP contribution in [0, 0.1) is 0 Å². The minimum atomic E-state index is -1.16. The highest BCUT2D eigenvalue weighted by atomic mass is 16.6. The maximum absolute atomic E-state index is 12.1. The van der Waals surface area contributed by atoms with Gasteiger partial charge in [-0.15, -0.1) is 0 Å². The lowest BCUT2D eigenvalue weighted by Crippen LogP contribution is -2.41. The van der Waals surface area contributed by atoms with E-state index in [0.29, 0.717) is 125 Å². The van der Waals surface area contributed by atoms with Crippen molar-refractivity contribution in [1.82, 2.24) is 21.3 Å². The van der Waals surface area contributed by atoms with Crippen molar-refractivity contribution >= 4 is 35.8 Å². The number of benzene rings is 2. The van der Waals surface area contributed by atoms with Crippen LogP contribution >= 0.6 is 0 Å². The summed E-state index contributed by atoms with van der Waals surface area (Å²) in [6, 6.07) is 17.4. The van der Waals surface area contributed by atoms with Crippen molar-refractivity contribution in [3.8, 4) is 0 Å². The van der Waals surface area contributed by atoms with E-state index < -0.39 is 18.1 Å². The summed E-state index contributed by atoms with van der Waals surface area (Å²) in [5.41, 5.74) is 1.72. The molecule has 2 rings (SSSR count). The summed E-state index contributed by atoms with van der Waals surface area (Å²) in [7, 11) is 0. The average molecular weight is 1010 g/mol. The zero-order valence-corrected chi connectivity index (χ0v) is 41.0. The first-order valence-corrected chi connectivity index (χ1v) is 24.1. The van der Waals surface area contributed by atoms with Gasteiger partial charge in [-0.3, -0.25) is 19.2 Å². The minimum Gasteiger partial charge on any atom is -0.480 e. The Balaban J connectivity index is 1.22. The monoisotopic (exact) mass is 1010 g/mol. The Labute approximate surface area is 416 Å². The number of hydrogen-bond acceptors (Lipinski definition) is 17. The number of alkyl carbamates (subject to hydrolysis) is 1. The van der Waals surface area contributed by atoms with Gasteiger partial charge >= 0.3 is 18.0 Å². The molecule has 0 heterocycles. The molecule has 0 fully saturated rings. The lowest BCUT2D eigenvalue weighted by Gasteiger charge is -2.14. The van der Waals surface area contributed by atoms with Crippen LogP contribution in [-0.2, 0) is 89.3 Å². The zero-order valence-electron chi connectivity index (χ0n) is 41.0. The van der Waals surface area contributed by atoms with Crippen LogP contribution < -0.4 is 21.3 Å². The Hall–Kier alpha value is -5.30. The number of nitrogens with one attached hydrogen (secondary N) is 4. The summed E-state index contributed by atoms with van der Waals surface area (Å²) in [5, 5.41) is 20.1. The fourth-order valence-electron chi connectivity index (χ4n) is 5.74. The van der Waals surface area contributed by atoms with Crippen molar-refractivity contribution in [2.75, 3.05) is 139 Å². The number of rotatable bonds is 47. The molecule has 1 atom stereocenters. The number of hydrogen-bond donors (Lipinski definition) is 5. The van der Waals surface area contributed by atoms with Gasteiger partial charge in [0.15, 0.2) is 0 Å². The third-order valence-electron chi connectivity index (χ3n) is 9.53. The lowest BCUT2D eigenvalue weighted by atomic mass is 10.1. The van der Waals surface area contributed by atoms with Gasteiger partial charge in [0.05, 0.1) is 125 Å². The Bertz CT molecular complexity index is 1680. The molecule has 71 heavy (non-hydrogen) atoms. The van der Waals surface area contributed by atoms with E-state index in [1.54, 1.807) is 12.1 Å². The maximum Gasteiger partial charge on any atom is 0.408 e. The highest BCUT2D eigenvalue weighted by Gasteiger charge is 2.20. The van der Waals surface area contributed by atoms with E-state index in [1.165, 1.54) is 0 Å². The SMILES string of the molecule is O=C(CCOCCOCCOCCNC(=O)CCOCCOCCOCCC(=O)NCCOCCOCCOCCC(=O)OCc1ccccc1)NCCCC[C@H](NC(=O)OCc1ccccc1)C(=O)O. The molecule has 22 nitrogen and oxygen atoms in total. The summed E-state index contributed by atoms with van der Waals surface area (Å²) < 4.78 is 59.2. The van der Waals surface area contributed by atoms with Crippen LogP contribution in [0.5, 0.6) is 0 Å². The molecule has 2 aromatic carbocycles. The van der Waals surface area contributed by atoms with Crippen molar-refractivity contribution in [2.24, 2.45) is 0 Å². The minimum absolute atomic E-state index is 0.0363. The van der Waals surface area contributed by atoms with Crippen LogP contribution in [0.3, 0.4) is 0 Å². The third kappa shape index (κ3) is 39.1. The summed E-state index contributed by atoms with van der Waals surface area (Å²) in [6.07, 6.45) is 1.17. The molecule has 4 amide bonds. The first-order chi connectivity index (χ1) is 34.7. The van der Waals surface area contributed by atoms with Crippen LogP contribution in [0.15, 0.2) is 60.7 Å². The van der Waals surface area contributed by atoms with Gasteiger partial charge in [0.2, 0.25) is 17.7 Å². The van der Waals surface area contributed by atoms with Gasteiger partial charge in [0, 0.05) is 38.9 Å². The number of carboxylic acid groups (broad SMARTS) is 1. The first-order valence-electron chi connectivity index (χ1n) is 24.1. The van der Waals surface area contributed by atoms with E-state index in [-0.39, 0.29) is 95.4 Å². The van der Waals surface area contributed by atoms with Crippen LogP contribution in [0.4, 0.5) is 4.79 Å². The predicted molar refractivity (Wildman–Crippen MR) is 256 cm³/mol. The lowest BCUT2D eigenvalue weighted by molar-refractivity contribution is -0.146. The van der Waals surface area contributed by atoms with Gasteiger partial charge < -0.3 is 78.5 Å². The number of carboxylic acids is 1. The van der Waals surface area contributed by atoms with E-state index in [0.717, 1.165) is 11.1 Å². The van der Waals surface area contributed by atoms with E-state index in [2.05, 4.69) is 21.3 Å². The Kier molecular flexibility index (Phi) is 38.9. The summed E-state index contributed by atoms with van der Waals surface area (Å²) in [6.45, 7) is 7.23. The number of amides is 4. The Morgan fingerprint density at radius 1 is 0.408 bits per heavy atom. The molecule has 0 bridgehead atoms. The number of aliphatic carboxylic acids is 1. The quantitative estimate of drug-likeness (QED) is 0.0470. The second-order valence-electron chi connectivity index (χ2n) is 15.3. The van der Waals surface area contributed by atoms with E-state index in [4.69, 9.17) is 52.1 Å². The summed E-state index contributed by atoms with van der Waals surface area (Å²) in [5.74, 6) is -1.96. The second kappa shape index (κ2) is 44.6. The number of carbonyl (C=O) groups is 6. The highest BCUT2D eigenvalue weighted by Crippen LogP contribution is 2.05. The van der Waals surface area contributed by atoms with Gasteiger partial charge in [-0.1, -0.05) is 60.7 Å². The van der Waals surface area contributed by atoms with Crippen molar-refractivity contribution in [2.45, 2.75) is 64.2 Å². The fourth-order valence-corrected chi connectivity index (χ4v) is 5.74. The molecule has 22 heteroatoms. The molecule has 5 N–H and O–H groups in total.